The topological polar surface area (TPSA) is 87.7 Å². The van der Waals surface area contributed by atoms with Gasteiger partial charge in [0.05, 0.1) is 36.0 Å². The molecule has 0 aromatic heterocycles. The summed E-state index contributed by atoms with van der Waals surface area (Å²) in [6, 6.07) is 16.6. The van der Waals surface area contributed by atoms with E-state index in [2.05, 4.69) is 15.4 Å². The Bertz CT molecular complexity index is 1310. The number of hydrogen-bond donors (Lipinski definition) is 2. The number of carbonyl (C=O) groups is 3. The van der Waals surface area contributed by atoms with E-state index in [9.17, 15) is 27.6 Å². The normalized spacial score (nSPS) is 11.1. The van der Waals surface area contributed by atoms with E-state index in [1.165, 1.54) is 44.3 Å². The van der Waals surface area contributed by atoms with E-state index in [1.54, 1.807) is 42.5 Å². The van der Waals surface area contributed by atoms with E-state index in [-0.39, 0.29) is 23.4 Å². The lowest BCUT2D eigenvalue weighted by molar-refractivity contribution is -0.139. The van der Waals surface area contributed by atoms with Gasteiger partial charge in [0, 0.05) is 14.1 Å². The van der Waals surface area contributed by atoms with Crippen molar-refractivity contribution in [1.29, 1.82) is 0 Å². The van der Waals surface area contributed by atoms with Crippen molar-refractivity contribution in [3.8, 4) is 11.1 Å². The smallest absolute Gasteiger partial charge is 0.417 e. The summed E-state index contributed by atoms with van der Waals surface area (Å²) in [7, 11) is 4.35. The average molecular weight is 528 g/mol. The monoisotopic (exact) mass is 527 g/mol. The predicted octanol–water partition coefficient (Wildman–Crippen LogP) is 4.63. The highest BCUT2D eigenvalue weighted by Crippen LogP contribution is 2.37. The molecule has 0 aliphatic heterocycles. The van der Waals surface area contributed by atoms with Gasteiger partial charge in [-0.1, -0.05) is 48.5 Å². The Hall–Kier alpha value is -4.18. The van der Waals surface area contributed by atoms with Crippen LogP contribution in [0.3, 0.4) is 0 Å². The second kappa shape index (κ2) is 12.4. The lowest BCUT2D eigenvalue weighted by atomic mass is 9.94. The van der Waals surface area contributed by atoms with E-state index in [1.807, 2.05) is 0 Å². The highest BCUT2D eigenvalue weighted by molar-refractivity contribution is 6.12. The predicted molar refractivity (Wildman–Crippen MR) is 138 cm³/mol. The molecule has 0 aliphatic carbocycles. The summed E-state index contributed by atoms with van der Waals surface area (Å²) in [6.45, 7) is 0.437. The zero-order valence-corrected chi connectivity index (χ0v) is 21.2. The quantitative estimate of drug-likeness (QED) is 0.313. The number of ether oxygens (including phenoxy) is 1. The number of hydrogen-bond acceptors (Lipinski definition) is 5. The summed E-state index contributed by atoms with van der Waals surface area (Å²) in [5.41, 5.74) is -0.118. The number of rotatable bonds is 9. The molecule has 0 spiro atoms. The summed E-state index contributed by atoms with van der Waals surface area (Å²) in [6.07, 6.45) is -4.32. The molecule has 7 nitrogen and oxygen atoms in total. The first-order valence-electron chi connectivity index (χ1n) is 11.7. The number of anilines is 1. The van der Waals surface area contributed by atoms with Crippen LogP contribution in [0.4, 0.5) is 18.9 Å². The number of esters is 1. The molecule has 0 saturated heterocycles. The fraction of sp³-hybridized carbons (Fsp3) is 0.250. The van der Waals surface area contributed by atoms with Gasteiger partial charge in [-0.3, -0.25) is 14.4 Å². The minimum atomic E-state index is -4.78. The van der Waals surface area contributed by atoms with Crippen molar-refractivity contribution in [2.45, 2.75) is 12.6 Å². The van der Waals surface area contributed by atoms with E-state index >= 15 is 0 Å². The number of amides is 2. The first-order chi connectivity index (χ1) is 18.0. The molecule has 0 radical (unpaired) electrons. The number of nitrogens with one attached hydrogen (secondary N) is 2. The number of methoxy groups -OCH3 is 1. The van der Waals surface area contributed by atoms with Crippen LogP contribution in [0.2, 0.25) is 0 Å². The molecule has 200 valence electrons. The minimum absolute atomic E-state index is 0.0243. The highest BCUT2D eigenvalue weighted by Gasteiger charge is 2.37. The van der Waals surface area contributed by atoms with Gasteiger partial charge in [0.2, 0.25) is 0 Å². The van der Waals surface area contributed by atoms with Gasteiger partial charge in [0.15, 0.2) is 0 Å². The van der Waals surface area contributed by atoms with Crippen LogP contribution in [-0.4, -0.2) is 57.0 Å². The fourth-order valence-electron chi connectivity index (χ4n) is 3.85. The molecule has 0 aliphatic rings. The average Bonchev–Trinajstić information content (AvgIpc) is 2.90. The molecule has 0 saturated carbocycles. The highest BCUT2D eigenvalue weighted by atomic mass is 19.4. The van der Waals surface area contributed by atoms with Gasteiger partial charge in [-0.05, 0) is 47.9 Å². The number of halogens is 3. The summed E-state index contributed by atoms with van der Waals surface area (Å²) in [4.78, 5) is 38.9. The van der Waals surface area contributed by atoms with Crippen molar-refractivity contribution in [2.75, 3.05) is 39.6 Å². The molecule has 0 fully saturated rings. The Kier molecular flexibility index (Phi) is 9.25. The van der Waals surface area contributed by atoms with E-state index in [4.69, 9.17) is 0 Å². The summed E-state index contributed by atoms with van der Waals surface area (Å²) >= 11 is 0. The Balaban J connectivity index is 1.98. The second-order valence-electron chi connectivity index (χ2n) is 8.63. The SMILES string of the molecule is COC(=O)CNCCc1ccc(NC(=O)c2c(-c3ccccc3)cccc2C(F)(F)F)c(C(=O)N(C)C)c1. The largest absolute Gasteiger partial charge is 0.468 e. The van der Waals surface area contributed by atoms with Crippen LogP contribution < -0.4 is 10.6 Å². The Labute approximate surface area is 218 Å². The van der Waals surface area contributed by atoms with Crippen LogP contribution in [0.5, 0.6) is 0 Å². The Morgan fingerprint density at radius 2 is 1.66 bits per heavy atom. The van der Waals surface area contributed by atoms with Crippen molar-refractivity contribution < 1.29 is 32.3 Å². The van der Waals surface area contributed by atoms with Crippen molar-refractivity contribution in [3.63, 3.8) is 0 Å². The van der Waals surface area contributed by atoms with Gasteiger partial charge < -0.3 is 20.3 Å². The Morgan fingerprint density at radius 3 is 2.29 bits per heavy atom. The van der Waals surface area contributed by atoms with Crippen LogP contribution >= 0.6 is 0 Å². The fourth-order valence-corrected chi connectivity index (χ4v) is 3.85. The van der Waals surface area contributed by atoms with Gasteiger partial charge in [0.1, 0.15) is 0 Å². The molecule has 3 rings (SSSR count). The maximum absolute atomic E-state index is 14.0. The molecule has 3 aromatic carbocycles. The molecule has 38 heavy (non-hydrogen) atoms. The minimum Gasteiger partial charge on any atom is -0.468 e. The molecule has 2 amide bonds. The number of nitrogens with zero attached hydrogens (tertiary/aromatic N) is 1. The molecule has 0 heterocycles. The molecule has 0 unspecified atom stereocenters. The van der Waals surface area contributed by atoms with Gasteiger partial charge in [-0.15, -0.1) is 0 Å². The summed E-state index contributed by atoms with van der Waals surface area (Å²) in [5.74, 6) is -1.84. The molecule has 0 bridgehead atoms. The third-order valence-corrected chi connectivity index (χ3v) is 5.74. The Morgan fingerprint density at radius 1 is 0.947 bits per heavy atom. The lowest BCUT2D eigenvalue weighted by Crippen LogP contribution is -2.27. The van der Waals surface area contributed by atoms with Crippen molar-refractivity contribution in [2.24, 2.45) is 0 Å². The number of alkyl halides is 3. The maximum Gasteiger partial charge on any atom is 0.417 e. The van der Waals surface area contributed by atoms with Crippen molar-refractivity contribution in [1.82, 2.24) is 10.2 Å². The summed E-state index contributed by atoms with van der Waals surface area (Å²) < 4.78 is 46.4. The van der Waals surface area contributed by atoms with Crippen LogP contribution in [0.15, 0.2) is 66.7 Å². The molecule has 2 N–H and O–H groups in total. The molecule has 10 heteroatoms. The van der Waals surface area contributed by atoms with Gasteiger partial charge in [0.25, 0.3) is 11.8 Å². The van der Waals surface area contributed by atoms with E-state index in [0.717, 1.165) is 11.6 Å². The molecule has 3 aromatic rings. The zero-order valence-electron chi connectivity index (χ0n) is 21.2. The lowest BCUT2D eigenvalue weighted by Gasteiger charge is -2.19. The molecular weight excluding hydrogens is 499 g/mol. The second-order valence-corrected chi connectivity index (χ2v) is 8.63. The number of benzene rings is 3. The van der Waals surface area contributed by atoms with Gasteiger partial charge >= 0.3 is 12.1 Å². The van der Waals surface area contributed by atoms with Gasteiger partial charge in [-0.25, -0.2) is 0 Å². The summed E-state index contributed by atoms with van der Waals surface area (Å²) in [5, 5.41) is 5.46. The third kappa shape index (κ3) is 6.98. The molecular formula is C28H28F3N3O4. The van der Waals surface area contributed by atoms with Crippen LogP contribution in [0.1, 0.15) is 31.8 Å². The van der Waals surface area contributed by atoms with E-state index < -0.39 is 35.1 Å². The van der Waals surface area contributed by atoms with Crippen LogP contribution in [0.25, 0.3) is 11.1 Å². The third-order valence-electron chi connectivity index (χ3n) is 5.74. The standard InChI is InChI=1S/C28H28F3N3O4/c1-34(2)27(37)21-16-18(14-15-32-17-24(35)38-3)12-13-23(21)33-26(36)25-20(19-8-5-4-6-9-19)10-7-11-22(25)28(29,30)31/h4-13,16,32H,14-15,17H2,1-3H3,(H,33,36). The van der Waals surface area contributed by atoms with E-state index in [0.29, 0.717) is 18.5 Å². The number of carbonyl (C=O) groups excluding carboxylic acids is 3. The first kappa shape index (κ1) is 28.4. The first-order valence-corrected chi connectivity index (χ1v) is 11.7. The van der Waals surface area contributed by atoms with Crippen LogP contribution in [-0.2, 0) is 22.1 Å². The molecule has 0 atom stereocenters. The van der Waals surface area contributed by atoms with Crippen LogP contribution in [0, 0.1) is 0 Å². The van der Waals surface area contributed by atoms with Crippen molar-refractivity contribution >= 4 is 23.5 Å². The van der Waals surface area contributed by atoms with Crippen molar-refractivity contribution in [3.05, 3.63) is 89.0 Å². The zero-order chi connectivity index (χ0) is 27.9. The van der Waals surface area contributed by atoms with Gasteiger partial charge in [-0.2, -0.15) is 13.2 Å². The maximum atomic E-state index is 14.0.